The van der Waals surface area contributed by atoms with E-state index < -0.39 is 7.12 Å². The van der Waals surface area contributed by atoms with Crippen molar-refractivity contribution in [3.63, 3.8) is 0 Å². The van der Waals surface area contributed by atoms with Crippen LogP contribution in [0.1, 0.15) is 42.1 Å². The van der Waals surface area contributed by atoms with Gasteiger partial charge in [-0.15, -0.1) is 11.8 Å². The summed E-state index contributed by atoms with van der Waals surface area (Å²) in [6, 6.07) is 14.3. The van der Waals surface area contributed by atoms with E-state index in [1.807, 2.05) is 12.1 Å². The zero-order valence-corrected chi connectivity index (χ0v) is 14.2. The van der Waals surface area contributed by atoms with Gasteiger partial charge in [0, 0.05) is 10.5 Å². The molecule has 0 aromatic heterocycles. The fraction of sp³-hybridized carbons (Fsp3) is 0.300. The first-order valence-electron chi connectivity index (χ1n) is 8.71. The maximum Gasteiger partial charge on any atom is 0.488 e. The molecule has 1 aliphatic heterocycles. The third-order valence-corrected chi connectivity index (χ3v) is 6.89. The monoisotopic (exact) mass is 334 g/mol. The summed E-state index contributed by atoms with van der Waals surface area (Å²) in [4.78, 5) is 0. The summed E-state index contributed by atoms with van der Waals surface area (Å²) >= 11 is 2.09. The molecule has 0 bridgehead atoms. The van der Waals surface area contributed by atoms with E-state index >= 15 is 0 Å². The molecule has 2 atom stereocenters. The molecule has 5 rings (SSSR count). The summed E-state index contributed by atoms with van der Waals surface area (Å²) in [5.74, 6) is 0. The highest BCUT2D eigenvalue weighted by molar-refractivity contribution is 8.07. The molecule has 24 heavy (non-hydrogen) atoms. The molecule has 120 valence electrons. The van der Waals surface area contributed by atoms with Gasteiger partial charge in [0.1, 0.15) is 0 Å². The van der Waals surface area contributed by atoms with Crippen LogP contribution in [0.5, 0.6) is 0 Å². The van der Waals surface area contributed by atoms with Crippen molar-refractivity contribution < 1.29 is 10.0 Å². The zero-order valence-electron chi connectivity index (χ0n) is 13.4. The van der Waals surface area contributed by atoms with Gasteiger partial charge in [0.25, 0.3) is 0 Å². The molecule has 1 fully saturated rings. The van der Waals surface area contributed by atoms with E-state index in [0.29, 0.717) is 16.0 Å². The smallest absolute Gasteiger partial charge is 0.423 e. The van der Waals surface area contributed by atoms with Crippen molar-refractivity contribution in [2.24, 2.45) is 0 Å². The average molecular weight is 334 g/mol. The number of thioether (sulfide) groups is 1. The number of fused-ring (bicyclic) bond motifs is 5. The van der Waals surface area contributed by atoms with Crippen LogP contribution in [0, 0.1) is 0 Å². The SMILES string of the molecule is OB(O)c1cccc(-c2cccc3c2[C@H]2SC2C2=C3CCCC2)c1. The van der Waals surface area contributed by atoms with E-state index in [0.717, 1.165) is 5.56 Å². The van der Waals surface area contributed by atoms with Gasteiger partial charge in [0.2, 0.25) is 0 Å². The summed E-state index contributed by atoms with van der Waals surface area (Å²) in [6.07, 6.45) is 5.13. The standard InChI is InChI=1S/C20H19BO2S/c22-21(23)13-6-3-5-12(11-13)14-9-4-10-16-15-7-1-2-8-17(15)19-20(24-19)18(14)16/h3-6,9-11,19-20,22-23H,1-2,7-8H2/t19?,20-/m1/s1. The Hall–Kier alpha value is -1.49. The number of allylic oxidation sites excluding steroid dienone is 1. The fourth-order valence-electron chi connectivity index (χ4n) is 4.40. The third kappa shape index (κ3) is 2.21. The lowest BCUT2D eigenvalue weighted by Crippen LogP contribution is -2.29. The highest BCUT2D eigenvalue weighted by atomic mass is 32.2. The molecule has 1 unspecified atom stereocenters. The second-order valence-electron chi connectivity index (χ2n) is 6.95. The minimum atomic E-state index is -1.42. The minimum absolute atomic E-state index is 0.554. The van der Waals surface area contributed by atoms with Crippen LogP contribution >= 0.6 is 11.8 Å². The fourth-order valence-corrected chi connectivity index (χ4v) is 5.74. The van der Waals surface area contributed by atoms with E-state index in [2.05, 4.69) is 36.0 Å². The van der Waals surface area contributed by atoms with Crippen LogP contribution < -0.4 is 5.46 Å². The topological polar surface area (TPSA) is 40.5 Å². The first-order valence-corrected chi connectivity index (χ1v) is 9.65. The maximum atomic E-state index is 9.49. The summed E-state index contributed by atoms with van der Waals surface area (Å²) in [5.41, 5.74) is 9.12. The number of benzene rings is 2. The van der Waals surface area contributed by atoms with Gasteiger partial charge in [0.15, 0.2) is 0 Å². The largest absolute Gasteiger partial charge is 0.488 e. The molecule has 1 saturated heterocycles. The van der Waals surface area contributed by atoms with Gasteiger partial charge in [-0.2, -0.15) is 0 Å². The molecule has 4 heteroatoms. The van der Waals surface area contributed by atoms with Crippen molar-refractivity contribution in [2.75, 3.05) is 0 Å². The Kier molecular flexibility index (Phi) is 3.41. The Morgan fingerprint density at radius 1 is 0.917 bits per heavy atom. The lowest BCUT2D eigenvalue weighted by Gasteiger charge is -2.27. The molecule has 0 spiro atoms. The van der Waals surface area contributed by atoms with Gasteiger partial charge in [-0.3, -0.25) is 0 Å². The van der Waals surface area contributed by atoms with Gasteiger partial charge in [-0.05, 0) is 59.0 Å². The van der Waals surface area contributed by atoms with Gasteiger partial charge < -0.3 is 10.0 Å². The van der Waals surface area contributed by atoms with Gasteiger partial charge in [-0.25, -0.2) is 0 Å². The quantitative estimate of drug-likeness (QED) is 0.652. The van der Waals surface area contributed by atoms with Gasteiger partial charge in [0.05, 0.1) is 0 Å². The van der Waals surface area contributed by atoms with Crippen molar-refractivity contribution in [2.45, 2.75) is 36.2 Å². The Balaban J connectivity index is 1.69. The van der Waals surface area contributed by atoms with Crippen molar-refractivity contribution in [1.29, 1.82) is 0 Å². The normalized spacial score (nSPS) is 24.1. The van der Waals surface area contributed by atoms with Crippen LogP contribution in [0.4, 0.5) is 0 Å². The summed E-state index contributed by atoms with van der Waals surface area (Å²) in [5, 5.41) is 20.3. The lowest BCUT2D eigenvalue weighted by molar-refractivity contribution is 0.426. The van der Waals surface area contributed by atoms with E-state index in [-0.39, 0.29) is 0 Å². The average Bonchev–Trinajstić information content (AvgIpc) is 3.42. The zero-order chi connectivity index (χ0) is 16.3. The number of hydrogen-bond donors (Lipinski definition) is 2. The Morgan fingerprint density at radius 2 is 1.71 bits per heavy atom. The highest BCUT2D eigenvalue weighted by Crippen LogP contribution is 2.66. The van der Waals surface area contributed by atoms with E-state index in [1.165, 1.54) is 42.4 Å². The lowest BCUT2D eigenvalue weighted by atomic mass is 9.75. The van der Waals surface area contributed by atoms with Crippen LogP contribution in [0.25, 0.3) is 16.7 Å². The molecule has 1 heterocycles. The van der Waals surface area contributed by atoms with Crippen molar-refractivity contribution in [3.8, 4) is 11.1 Å². The first-order chi connectivity index (χ1) is 11.7. The van der Waals surface area contributed by atoms with E-state index in [9.17, 15) is 10.0 Å². The molecule has 2 aromatic rings. The molecular formula is C20H19BO2S. The summed E-state index contributed by atoms with van der Waals surface area (Å²) < 4.78 is 0. The maximum absolute atomic E-state index is 9.49. The molecule has 0 amide bonds. The molecule has 0 radical (unpaired) electrons. The number of rotatable bonds is 2. The Morgan fingerprint density at radius 3 is 2.58 bits per heavy atom. The predicted octanol–water partition coefficient (Wildman–Crippen LogP) is 3.53. The minimum Gasteiger partial charge on any atom is -0.423 e. The first kappa shape index (κ1) is 14.8. The molecular weight excluding hydrogens is 315 g/mol. The third-order valence-electron chi connectivity index (χ3n) is 5.56. The van der Waals surface area contributed by atoms with Crippen LogP contribution in [-0.2, 0) is 0 Å². The molecule has 2 nitrogen and oxygen atoms in total. The number of hydrogen-bond acceptors (Lipinski definition) is 3. The van der Waals surface area contributed by atoms with Crippen molar-refractivity contribution in [3.05, 3.63) is 59.2 Å². The predicted molar refractivity (Wildman–Crippen MR) is 101 cm³/mol. The summed E-state index contributed by atoms with van der Waals surface area (Å²) in [6.45, 7) is 0. The second-order valence-corrected chi connectivity index (χ2v) is 8.24. The van der Waals surface area contributed by atoms with Crippen molar-refractivity contribution in [1.82, 2.24) is 0 Å². The molecule has 0 saturated carbocycles. The molecule has 2 N–H and O–H groups in total. The van der Waals surface area contributed by atoms with Crippen LogP contribution in [-0.4, -0.2) is 22.4 Å². The van der Waals surface area contributed by atoms with E-state index in [1.54, 1.807) is 17.2 Å². The van der Waals surface area contributed by atoms with Gasteiger partial charge >= 0.3 is 7.12 Å². The van der Waals surface area contributed by atoms with Crippen LogP contribution in [0.2, 0.25) is 0 Å². The second kappa shape index (κ2) is 5.52. The Bertz CT molecular complexity index is 858. The highest BCUT2D eigenvalue weighted by Gasteiger charge is 2.49. The molecule has 2 aliphatic carbocycles. The summed E-state index contributed by atoms with van der Waals surface area (Å²) in [7, 11) is -1.42. The van der Waals surface area contributed by atoms with Crippen LogP contribution in [0.15, 0.2) is 48.0 Å². The molecule has 2 aromatic carbocycles. The molecule has 3 aliphatic rings. The van der Waals surface area contributed by atoms with Gasteiger partial charge in [-0.1, -0.05) is 48.0 Å². The van der Waals surface area contributed by atoms with Crippen molar-refractivity contribution >= 4 is 29.9 Å². The van der Waals surface area contributed by atoms with Crippen LogP contribution in [0.3, 0.4) is 0 Å². The Labute approximate surface area is 146 Å². The van der Waals surface area contributed by atoms with E-state index in [4.69, 9.17) is 0 Å².